The minimum atomic E-state index is -0.138. The normalized spacial score (nSPS) is 10.8. The molecule has 0 aliphatic rings. The van der Waals surface area contributed by atoms with Gasteiger partial charge in [-0.25, -0.2) is 0 Å². The van der Waals surface area contributed by atoms with Crippen LogP contribution in [0.5, 0.6) is 0 Å². The van der Waals surface area contributed by atoms with Crippen molar-refractivity contribution in [3.8, 4) is 0 Å². The quantitative estimate of drug-likeness (QED) is 0.591. The fourth-order valence-corrected chi connectivity index (χ4v) is 1.45. The molecule has 4 nitrogen and oxygen atoms in total. The van der Waals surface area contributed by atoms with Crippen molar-refractivity contribution in [3.63, 3.8) is 0 Å². The highest BCUT2D eigenvalue weighted by Crippen LogP contribution is 2.22. The summed E-state index contributed by atoms with van der Waals surface area (Å²) in [4.78, 5) is 13.0. The zero-order chi connectivity index (χ0) is 7.14. The number of furan rings is 1. The molecule has 2 rings (SSSR count). The molecule has 10 heavy (non-hydrogen) atoms. The maximum Gasteiger partial charge on any atom is 0.308 e. The lowest BCUT2D eigenvalue weighted by molar-refractivity contribution is 0.605. The average Bonchev–Trinajstić information content (AvgIpc) is 2.35. The minimum Gasteiger partial charge on any atom is -0.445 e. The van der Waals surface area contributed by atoms with Crippen molar-refractivity contribution in [3.05, 3.63) is 15.9 Å². The van der Waals surface area contributed by atoms with Crippen LogP contribution in [-0.4, -0.2) is 4.98 Å². The van der Waals surface area contributed by atoms with E-state index in [-0.39, 0.29) is 4.87 Å². The molecule has 0 amide bonds. The molecule has 0 unspecified atom stereocenters. The summed E-state index contributed by atoms with van der Waals surface area (Å²) in [6, 6.07) is 0. The molecule has 0 radical (unpaired) electrons. The van der Waals surface area contributed by atoms with Gasteiger partial charge in [0.1, 0.15) is 11.0 Å². The Hall–Kier alpha value is -1.23. The molecule has 0 bridgehead atoms. The van der Waals surface area contributed by atoms with Gasteiger partial charge in [-0.15, -0.1) is 0 Å². The van der Waals surface area contributed by atoms with Gasteiger partial charge in [0.05, 0.1) is 5.69 Å². The standard InChI is InChI=1S/C5H4N2O2S/c6-2-1-9-4-3(2)10-5(8)7-4/h1H,6H2,(H,7,8). The summed E-state index contributed by atoms with van der Waals surface area (Å²) in [5.74, 6) is 0. The number of nitrogens with two attached hydrogens (primary N) is 1. The number of nitrogens with one attached hydrogen (secondary N) is 1. The number of aromatic amines is 1. The molecule has 0 aromatic carbocycles. The van der Waals surface area contributed by atoms with Gasteiger partial charge >= 0.3 is 4.87 Å². The van der Waals surface area contributed by atoms with Crippen molar-refractivity contribution in [1.82, 2.24) is 4.98 Å². The van der Waals surface area contributed by atoms with Crippen LogP contribution >= 0.6 is 11.3 Å². The van der Waals surface area contributed by atoms with E-state index in [1.807, 2.05) is 0 Å². The van der Waals surface area contributed by atoms with Crippen LogP contribution in [0.1, 0.15) is 0 Å². The van der Waals surface area contributed by atoms with Gasteiger partial charge in [-0.05, 0) is 0 Å². The SMILES string of the molecule is Nc1coc2[nH]c(=O)sc12. The second-order valence-corrected chi connectivity index (χ2v) is 2.85. The number of hydrogen-bond acceptors (Lipinski definition) is 4. The molecule has 0 aliphatic carbocycles. The van der Waals surface area contributed by atoms with E-state index in [0.29, 0.717) is 16.1 Å². The highest BCUT2D eigenvalue weighted by Gasteiger charge is 2.05. The zero-order valence-electron chi connectivity index (χ0n) is 4.88. The minimum absolute atomic E-state index is 0.138. The largest absolute Gasteiger partial charge is 0.445 e. The average molecular weight is 156 g/mol. The molecule has 52 valence electrons. The van der Waals surface area contributed by atoms with E-state index in [2.05, 4.69) is 4.98 Å². The highest BCUT2D eigenvalue weighted by molar-refractivity contribution is 7.17. The van der Waals surface area contributed by atoms with Gasteiger partial charge in [-0.1, -0.05) is 11.3 Å². The Morgan fingerprint density at radius 2 is 2.50 bits per heavy atom. The van der Waals surface area contributed by atoms with E-state index in [0.717, 1.165) is 11.3 Å². The third kappa shape index (κ3) is 0.577. The molecule has 2 aromatic heterocycles. The van der Waals surface area contributed by atoms with Crippen molar-refractivity contribution in [2.24, 2.45) is 0 Å². The molecule has 2 heterocycles. The summed E-state index contributed by atoms with van der Waals surface area (Å²) in [7, 11) is 0. The first-order valence-corrected chi connectivity index (χ1v) is 3.45. The Morgan fingerprint density at radius 1 is 1.70 bits per heavy atom. The van der Waals surface area contributed by atoms with E-state index < -0.39 is 0 Å². The summed E-state index contributed by atoms with van der Waals surface area (Å²) in [6.07, 6.45) is 1.41. The summed E-state index contributed by atoms with van der Waals surface area (Å²) in [5.41, 5.74) is 6.42. The lowest BCUT2D eigenvalue weighted by atomic mass is 10.5. The first-order valence-electron chi connectivity index (χ1n) is 2.63. The van der Waals surface area contributed by atoms with Gasteiger partial charge in [0, 0.05) is 0 Å². The molecule has 0 aliphatic heterocycles. The second-order valence-electron chi connectivity index (χ2n) is 1.86. The van der Waals surface area contributed by atoms with Crippen LogP contribution in [0.4, 0.5) is 5.69 Å². The molecule has 2 aromatic rings. The molecule has 3 N–H and O–H groups in total. The fraction of sp³-hybridized carbons (Fsp3) is 0. The number of H-pyrrole nitrogens is 1. The Bertz CT molecular complexity index is 410. The summed E-state index contributed by atoms with van der Waals surface area (Å²) in [5, 5.41) is 0. The second kappa shape index (κ2) is 1.63. The number of fused-ring (bicyclic) bond motifs is 1. The van der Waals surface area contributed by atoms with Crippen LogP contribution < -0.4 is 10.6 Å². The predicted octanol–water partition coefficient (Wildman–Crippen LogP) is 0.765. The molecule has 5 heteroatoms. The third-order valence-corrected chi connectivity index (χ3v) is 2.10. The van der Waals surface area contributed by atoms with Crippen LogP contribution in [-0.2, 0) is 0 Å². The highest BCUT2D eigenvalue weighted by atomic mass is 32.1. The van der Waals surface area contributed by atoms with Gasteiger partial charge < -0.3 is 10.2 Å². The molecule has 0 fully saturated rings. The number of rotatable bonds is 0. The van der Waals surface area contributed by atoms with Gasteiger partial charge in [-0.3, -0.25) is 9.78 Å². The maximum atomic E-state index is 10.6. The summed E-state index contributed by atoms with van der Waals surface area (Å²) >= 11 is 1.06. The van der Waals surface area contributed by atoms with Gasteiger partial charge in [-0.2, -0.15) is 0 Å². The monoisotopic (exact) mass is 156 g/mol. The van der Waals surface area contributed by atoms with Crippen LogP contribution in [0, 0.1) is 0 Å². The molecular weight excluding hydrogens is 152 g/mol. The molecule has 0 saturated carbocycles. The lowest BCUT2D eigenvalue weighted by Crippen LogP contribution is -1.89. The first-order chi connectivity index (χ1) is 4.77. The number of hydrogen-bond donors (Lipinski definition) is 2. The lowest BCUT2D eigenvalue weighted by Gasteiger charge is -1.72. The van der Waals surface area contributed by atoms with Crippen LogP contribution in [0.15, 0.2) is 15.5 Å². The van der Waals surface area contributed by atoms with Crippen LogP contribution in [0.2, 0.25) is 0 Å². The zero-order valence-corrected chi connectivity index (χ0v) is 5.70. The topological polar surface area (TPSA) is 72.0 Å². The number of nitrogen functional groups attached to an aromatic ring is 1. The van der Waals surface area contributed by atoms with Crippen molar-refractivity contribution in [1.29, 1.82) is 0 Å². The fourth-order valence-electron chi connectivity index (χ4n) is 0.763. The Labute approximate surface area is 59.3 Å². The molecule has 0 saturated heterocycles. The third-order valence-electron chi connectivity index (χ3n) is 1.18. The molecular formula is C5H4N2O2S. The van der Waals surface area contributed by atoms with Gasteiger partial charge in [0.15, 0.2) is 0 Å². The van der Waals surface area contributed by atoms with E-state index in [4.69, 9.17) is 10.2 Å². The van der Waals surface area contributed by atoms with Gasteiger partial charge in [0.25, 0.3) is 0 Å². The molecule has 0 atom stereocenters. The summed E-state index contributed by atoms with van der Waals surface area (Å²) < 4.78 is 5.60. The number of thiazole rings is 1. The van der Waals surface area contributed by atoms with E-state index in [1.165, 1.54) is 6.26 Å². The van der Waals surface area contributed by atoms with E-state index in [9.17, 15) is 4.79 Å². The van der Waals surface area contributed by atoms with Crippen molar-refractivity contribution in [2.45, 2.75) is 0 Å². The maximum absolute atomic E-state index is 10.6. The van der Waals surface area contributed by atoms with Gasteiger partial charge in [0.2, 0.25) is 5.71 Å². The molecule has 0 spiro atoms. The number of aromatic nitrogens is 1. The Balaban J connectivity index is 3.03. The van der Waals surface area contributed by atoms with Crippen molar-refractivity contribution < 1.29 is 4.42 Å². The van der Waals surface area contributed by atoms with E-state index >= 15 is 0 Å². The first kappa shape index (κ1) is 5.55. The Kier molecular flexibility index (Phi) is 0.906. The Morgan fingerprint density at radius 3 is 3.20 bits per heavy atom. The predicted molar refractivity (Wildman–Crippen MR) is 39.1 cm³/mol. The smallest absolute Gasteiger partial charge is 0.308 e. The van der Waals surface area contributed by atoms with Crippen LogP contribution in [0.25, 0.3) is 10.4 Å². The van der Waals surface area contributed by atoms with Crippen LogP contribution in [0.3, 0.4) is 0 Å². The van der Waals surface area contributed by atoms with E-state index in [1.54, 1.807) is 0 Å². The van der Waals surface area contributed by atoms with Crippen molar-refractivity contribution >= 4 is 27.4 Å². The number of anilines is 1. The van der Waals surface area contributed by atoms with Crippen molar-refractivity contribution in [2.75, 3.05) is 5.73 Å². The summed E-state index contributed by atoms with van der Waals surface area (Å²) in [6.45, 7) is 0.